The third-order valence-electron chi connectivity index (χ3n) is 0. The molecule has 0 spiro atoms. The van der Waals surface area contributed by atoms with Crippen molar-refractivity contribution >= 4 is 88.7 Å². The summed E-state index contributed by atoms with van der Waals surface area (Å²) >= 11 is 0. The van der Waals surface area contributed by atoms with Gasteiger partial charge in [0.15, 0.2) is 0 Å². The molecule has 0 nitrogen and oxygen atoms in total. The standard InChI is InChI=1S/C2H6.3Na.3H/c1-2;;;;;;/h1-2H3;;;;;;. The molecule has 0 heterocycles. The third kappa shape index (κ3) is 19.4. The van der Waals surface area contributed by atoms with Crippen molar-refractivity contribution in [3.8, 4) is 0 Å². The quantitative estimate of drug-likeness (QED) is 0.347. The molecule has 0 aromatic rings. The Labute approximate surface area is 100 Å². The van der Waals surface area contributed by atoms with E-state index >= 15 is 0 Å². The molecular formula is C2H9Na3. The maximum absolute atomic E-state index is 2.00. The van der Waals surface area contributed by atoms with E-state index in [-0.39, 0.29) is 88.7 Å². The molecule has 0 atom stereocenters. The molecule has 0 aliphatic rings. The molecule has 0 amide bonds. The second-order valence-corrected chi connectivity index (χ2v) is 0. The van der Waals surface area contributed by atoms with E-state index in [4.69, 9.17) is 0 Å². The van der Waals surface area contributed by atoms with Crippen LogP contribution in [0.1, 0.15) is 13.8 Å². The topological polar surface area (TPSA) is 0 Å². The van der Waals surface area contributed by atoms with Crippen LogP contribution in [0.3, 0.4) is 0 Å². The fourth-order valence-corrected chi connectivity index (χ4v) is 0. The van der Waals surface area contributed by atoms with Gasteiger partial charge in [0.1, 0.15) is 0 Å². The zero-order valence-corrected chi connectivity index (χ0v) is 2.00. The maximum atomic E-state index is 2.00. The first-order valence-electron chi connectivity index (χ1n) is 1.00. The summed E-state index contributed by atoms with van der Waals surface area (Å²) in [5, 5.41) is 0. The minimum absolute atomic E-state index is 0. The van der Waals surface area contributed by atoms with Crippen LogP contribution in [0.25, 0.3) is 0 Å². The van der Waals surface area contributed by atoms with E-state index in [0.717, 1.165) is 0 Å². The van der Waals surface area contributed by atoms with Crippen molar-refractivity contribution in [1.82, 2.24) is 0 Å². The zero-order chi connectivity index (χ0) is 2.00. The van der Waals surface area contributed by atoms with Crippen LogP contribution >= 0.6 is 0 Å². The summed E-state index contributed by atoms with van der Waals surface area (Å²) < 4.78 is 0. The van der Waals surface area contributed by atoms with Crippen LogP contribution < -0.4 is 0 Å². The van der Waals surface area contributed by atoms with Crippen molar-refractivity contribution in [1.29, 1.82) is 0 Å². The summed E-state index contributed by atoms with van der Waals surface area (Å²) in [7, 11) is 0. The van der Waals surface area contributed by atoms with Gasteiger partial charge in [-0.05, 0) is 0 Å². The molecule has 0 saturated heterocycles. The molecule has 3 heteroatoms. The first kappa shape index (κ1) is 24.5. The van der Waals surface area contributed by atoms with Gasteiger partial charge in [-0.3, -0.25) is 0 Å². The van der Waals surface area contributed by atoms with Crippen LogP contribution in [0.2, 0.25) is 0 Å². The van der Waals surface area contributed by atoms with E-state index in [1.54, 1.807) is 0 Å². The SMILES string of the molecule is CC.[NaH].[NaH].[NaH]. The summed E-state index contributed by atoms with van der Waals surface area (Å²) in [6.07, 6.45) is 0. The average Bonchev–Trinajstić information content (AvgIpc) is 1.00. The van der Waals surface area contributed by atoms with Gasteiger partial charge >= 0.3 is 88.7 Å². The molecule has 0 aliphatic carbocycles. The summed E-state index contributed by atoms with van der Waals surface area (Å²) in [6.45, 7) is 4.00. The van der Waals surface area contributed by atoms with Crippen molar-refractivity contribution in [3.05, 3.63) is 0 Å². The molecule has 20 valence electrons. The molecule has 0 rings (SSSR count). The van der Waals surface area contributed by atoms with Gasteiger partial charge in [0, 0.05) is 0 Å². The van der Waals surface area contributed by atoms with Crippen LogP contribution in [-0.2, 0) is 0 Å². The summed E-state index contributed by atoms with van der Waals surface area (Å²) in [5.74, 6) is 0. The van der Waals surface area contributed by atoms with E-state index < -0.39 is 0 Å². The Kier molecular flexibility index (Phi) is 137. The number of rotatable bonds is 0. The molecule has 0 aromatic carbocycles. The van der Waals surface area contributed by atoms with Gasteiger partial charge in [-0.25, -0.2) is 0 Å². The molecule has 0 saturated carbocycles. The molecule has 0 bridgehead atoms. The third-order valence-corrected chi connectivity index (χ3v) is 0. The average molecular weight is 102 g/mol. The monoisotopic (exact) mass is 102 g/mol. The summed E-state index contributed by atoms with van der Waals surface area (Å²) in [6, 6.07) is 0. The van der Waals surface area contributed by atoms with Gasteiger partial charge in [0.2, 0.25) is 0 Å². The Morgan fingerprint density at radius 1 is 0.600 bits per heavy atom. The van der Waals surface area contributed by atoms with Gasteiger partial charge in [-0.15, -0.1) is 0 Å². The van der Waals surface area contributed by atoms with E-state index in [0.29, 0.717) is 0 Å². The number of hydrogen-bond acceptors (Lipinski definition) is 0. The molecule has 0 aliphatic heterocycles. The predicted molar refractivity (Wildman–Crippen MR) is 32.8 cm³/mol. The van der Waals surface area contributed by atoms with Crippen molar-refractivity contribution < 1.29 is 0 Å². The molecule has 0 N–H and O–H groups in total. The van der Waals surface area contributed by atoms with Crippen molar-refractivity contribution in [3.63, 3.8) is 0 Å². The Morgan fingerprint density at radius 2 is 0.600 bits per heavy atom. The van der Waals surface area contributed by atoms with Gasteiger partial charge in [0.05, 0.1) is 0 Å². The van der Waals surface area contributed by atoms with Crippen LogP contribution in [0.4, 0.5) is 0 Å². The normalized spacial score (nSPS) is 1.20. The Hall–Kier alpha value is 3.00. The van der Waals surface area contributed by atoms with Crippen molar-refractivity contribution in [2.75, 3.05) is 0 Å². The molecule has 0 aromatic heterocycles. The van der Waals surface area contributed by atoms with E-state index in [1.165, 1.54) is 0 Å². The van der Waals surface area contributed by atoms with Crippen LogP contribution in [-0.4, -0.2) is 88.7 Å². The minimum atomic E-state index is 0. The van der Waals surface area contributed by atoms with Crippen molar-refractivity contribution in [2.45, 2.75) is 13.8 Å². The predicted octanol–water partition coefficient (Wildman–Crippen LogP) is -0.919. The molecule has 0 unspecified atom stereocenters. The summed E-state index contributed by atoms with van der Waals surface area (Å²) in [5.41, 5.74) is 0. The second-order valence-electron chi connectivity index (χ2n) is 0. The Bertz CT molecular complexity index is 4.85. The molecule has 0 fully saturated rings. The van der Waals surface area contributed by atoms with Crippen molar-refractivity contribution in [2.24, 2.45) is 0 Å². The fraction of sp³-hybridized carbons (Fsp3) is 1.00. The zero-order valence-electron chi connectivity index (χ0n) is 2.00. The molecule has 0 radical (unpaired) electrons. The molecule has 5 heavy (non-hydrogen) atoms. The van der Waals surface area contributed by atoms with Crippen LogP contribution in [0.5, 0.6) is 0 Å². The van der Waals surface area contributed by atoms with E-state index in [2.05, 4.69) is 0 Å². The Morgan fingerprint density at radius 3 is 0.600 bits per heavy atom. The van der Waals surface area contributed by atoms with Crippen LogP contribution in [0.15, 0.2) is 0 Å². The van der Waals surface area contributed by atoms with E-state index in [9.17, 15) is 0 Å². The Balaban J connectivity index is -0.00000000167. The first-order valence-corrected chi connectivity index (χ1v) is 1.00. The second kappa shape index (κ2) is 28.0. The van der Waals surface area contributed by atoms with Gasteiger partial charge < -0.3 is 0 Å². The fourth-order valence-electron chi connectivity index (χ4n) is 0. The van der Waals surface area contributed by atoms with Gasteiger partial charge in [-0.1, -0.05) is 13.8 Å². The first-order chi connectivity index (χ1) is 1.00. The summed E-state index contributed by atoms with van der Waals surface area (Å²) in [4.78, 5) is 0. The molecular weight excluding hydrogens is 93.0 g/mol. The van der Waals surface area contributed by atoms with E-state index in [1.807, 2.05) is 13.8 Å². The van der Waals surface area contributed by atoms with Gasteiger partial charge in [-0.2, -0.15) is 0 Å². The van der Waals surface area contributed by atoms with Crippen LogP contribution in [0, 0.1) is 0 Å². The van der Waals surface area contributed by atoms with Gasteiger partial charge in [0.25, 0.3) is 0 Å². The number of hydrogen-bond donors (Lipinski definition) is 0.